The lowest BCUT2D eigenvalue weighted by Gasteiger charge is -2.64. The first kappa shape index (κ1) is 21.8. The van der Waals surface area contributed by atoms with Gasteiger partial charge in [-0.25, -0.2) is 0 Å². The van der Waals surface area contributed by atoms with Gasteiger partial charge in [0.05, 0.1) is 6.10 Å². The Morgan fingerprint density at radius 2 is 1.66 bits per heavy atom. The van der Waals surface area contributed by atoms with Gasteiger partial charge in [-0.15, -0.1) is 0 Å². The molecule has 0 amide bonds. The fraction of sp³-hybridized carbons (Fsp3) is 0.962. The zero-order chi connectivity index (χ0) is 20.7. The van der Waals surface area contributed by atoms with Crippen LogP contribution in [0.5, 0.6) is 0 Å². The number of aliphatic hydroxyl groups is 1. The first-order valence-corrected chi connectivity index (χ1v) is 12.6. The maximum absolute atomic E-state index is 12.1. The molecule has 0 heterocycles. The van der Waals surface area contributed by atoms with Crippen molar-refractivity contribution in [2.24, 2.45) is 34.0 Å². The topological polar surface area (TPSA) is 46.5 Å². The number of ether oxygens (including phenoxy) is 1. The number of aliphatic hydroxyl groups excluding tert-OH is 1. The average molecular weight is 405 g/mol. The second-order valence-electron chi connectivity index (χ2n) is 11.6. The highest BCUT2D eigenvalue weighted by molar-refractivity contribution is 5.79. The van der Waals surface area contributed by atoms with Crippen molar-refractivity contribution in [1.29, 1.82) is 0 Å². The van der Waals surface area contributed by atoms with Crippen LogP contribution in [0.3, 0.4) is 0 Å². The van der Waals surface area contributed by atoms with Gasteiger partial charge in [-0.2, -0.15) is 0 Å². The number of carbonyl (C=O) groups is 1. The third-order valence-electron chi connectivity index (χ3n) is 10.6. The predicted octanol–water partition coefficient (Wildman–Crippen LogP) is 5.93. The summed E-state index contributed by atoms with van der Waals surface area (Å²) < 4.78 is 6.54. The summed E-state index contributed by atoms with van der Waals surface area (Å²) in [7, 11) is 0. The lowest BCUT2D eigenvalue weighted by atomic mass is 9.41. The summed E-state index contributed by atoms with van der Waals surface area (Å²) in [5.41, 5.74) is 1.10. The Morgan fingerprint density at radius 3 is 2.45 bits per heavy atom. The maximum Gasteiger partial charge on any atom is 0.133 e. The monoisotopic (exact) mass is 404 g/mol. The van der Waals surface area contributed by atoms with Crippen LogP contribution in [0.25, 0.3) is 0 Å². The zero-order valence-electron chi connectivity index (χ0n) is 19.2. The molecule has 0 aromatic heterocycles. The van der Waals surface area contributed by atoms with Crippen molar-refractivity contribution in [2.45, 2.75) is 110 Å². The van der Waals surface area contributed by atoms with Crippen LogP contribution in [-0.2, 0) is 9.53 Å². The van der Waals surface area contributed by atoms with E-state index < -0.39 is 0 Å². The van der Waals surface area contributed by atoms with Crippen LogP contribution in [0, 0.1) is 34.0 Å². The molecule has 0 unspecified atom stereocenters. The van der Waals surface area contributed by atoms with Crippen molar-refractivity contribution in [3.8, 4) is 0 Å². The van der Waals surface area contributed by atoms with E-state index in [9.17, 15) is 4.79 Å². The van der Waals surface area contributed by atoms with E-state index in [0.717, 1.165) is 57.0 Å². The smallest absolute Gasteiger partial charge is 0.133 e. The van der Waals surface area contributed by atoms with Crippen LogP contribution in [0.15, 0.2) is 0 Å². The van der Waals surface area contributed by atoms with E-state index in [-0.39, 0.29) is 0 Å². The quantitative estimate of drug-likeness (QED) is 0.535. The molecule has 0 bridgehead atoms. The van der Waals surface area contributed by atoms with E-state index in [1.165, 1.54) is 44.9 Å². The Bertz CT molecular complexity index is 603. The number of ketones is 1. The van der Waals surface area contributed by atoms with Gasteiger partial charge < -0.3 is 9.84 Å². The molecule has 0 spiro atoms. The second kappa shape index (κ2) is 8.26. The summed E-state index contributed by atoms with van der Waals surface area (Å²) in [4.78, 5) is 12.1. The number of rotatable bonds is 7. The normalized spacial score (nSPS) is 46.8. The van der Waals surface area contributed by atoms with Gasteiger partial charge in [0.1, 0.15) is 5.78 Å². The molecule has 0 aromatic carbocycles. The summed E-state index contributed by atoms with van der Waals surface area (Å²) in [5.74, 6) is 2.79. The van der Waals surface area contributed by atoms with Crippen LogP contribution in [0.1, 0.15) is 104 Å². The molecular formula is C26H44O3. The molecule has 0 radical (unpaired) electrons. The molecule has 29 heavy (non-hydrogen) atoms. The Kier molecular flexibility index (Phi) is 6.21. The van der Waals surface area contributed by atoms with E-state index in [1.807, 2.05) is 0 Å². The highest BCUT2D eigenvalue weighted by atomic mass is 16.5. The molecule has 1 N–H and O–H groups in total. The number of fused-ring (bicyclic) bond motifs is 5. The Balaban J connectivity index is 1.43. The minimum atomic E-state index is 0.312. The molecular weight excluding hydrogens is 360 g/mol. The fourth-order valence-corrected chi connectivity index (χ4v) is 8.45. The summed E-state index contributed by atoms with van der Waals surface area (Å²) >= 11 is 0. The zero-order valence-corrected chi connectivity index (χ0v) is 19.2. The van der Waals surface area contributed by atoms with Gasteiger partial charge in [-0.1, -0.05) is 33.6 Å². The van der Waals surface area contributed by atoms with Crippen molar-refractivity contribution in [3.63, 3.8) is 0 Å². The van der Waals surface area contributed by atoms with Crippen LogP contribution in [-0.4, -0.2) is 30.2 Å². The summed E-state index contributed by atoms with van der Waals surface area (Å²) in [5, 5.41) is 8.94. The molecule has 4 saturated carbocycles. The molecule has 4 aliphatic rings. The third-order valence-corrected chi connectivity index (χ3v) is 10.6. The van der Waals surface area contributed by atoms with E-state index in [0.29, 0.717) is 40.7 Å². The van der Waals surface area contributed by atoms with E-state index >= 15 is 0 Å². The molecule has 7 atom stereocenters. The van der Waals surface area contributed by atoms with Crippen molar-refractivity contribution in [3.05, 3.63) is 0 Å². The highest BCUT2D eigenvalue weighted by Crippen LogP contribution is 2.71. The summed E-state index contributed by atoms with van der Waals surface area (Å²) in [6, 6.07) is 0. The van der Waals surface area contributed by atoms with E-state index in [4.69, 9.17) is 9.84 Å². The van der Waals surface area contributed by atoms with Crippen LogP contribution in [0.4, 0.5) is 0 Å². The van der Waals surface area contributed by atoms with Crippen molar-refractivity contribution >= 4 is 5.78 Å². The van der Waals surface area contributed by atoms with Gasteiger partial charge in [0, 0.05) is 26.1 Å². The number of unbranched alkanes of at least 4 members (excludes halogenated alkanes) is 3. The molecule has 4 aliphatic carbocycles. The summed E-state index contributed by atoms with van der Waals surface area (Å²) in [6.45, 7) is 8.90. The predicted molar refractivity (Wildman–Crippen MR) is 117 cm³/mol. The van der Waals surface area contributed by atoms with Crippen molar-refractivity contribution < 1.29 is 14.6 Å². The lowest BCUT2D eigenvalue weighted by molar-refractivity contribution is -0.172. The van der Waals surface area contributed by atoms with E-state index in [2.05, 4.69) is 20.8 Å². The number of hydrogen-bond acceptors (Lipinski definition) is 3. The van der Waals surface area contributed by atoms with Gasteiger partial charge in [0.2, 0.25) is 0 Å². The van der Waals surface area contributed by atoms with E-state index in [1.54, 1.807) is 0 Å². The van der Waals surface area contributed by atoms with Gasteiger partial charge in [0.25, 0.3) is 0 Å². The Hall–Kier alpha value is -0.410. The fourth-order valence-electron chi connectivity index (χ4n) is 8.45. The molecule has 0 aromatic rings. The molecule has 0 aliphatic heterocycles. The van der Waals surface area contributed by atoms with Gasteiger partial charge in [-0.3, -0.25) is 4.79 Å². The SMILES string of the molecule is C[C@]12CCC(=O)C[C@@H]1CC[C@@H]1[C@@H]2CC[C@]2(C)[C@@H](OCCCCCCO)CC[C@@]12C. The molecule has 4 rings (SSSR count). The van der Waals surface area contributed by atoms with Crippen molar-refractivity contribution in [2.75, 3.05) is 13.2 Å². The Morgan fingerprint density at radius 1 is 0.897 bits per heavy atom. The standard InChI is InChI=1S/C26H44O3/c1-24-13-10-20(28)18-19(24)8-9-22-21(24)11-14-26(3)23(12-15-25(22,26)2)29-17-7-5-4-6-16-27/h19,21-23,27H,4-18H2,1-3H3/t19-,21-,22+,23-,24-,25-,26+/m0/s1. The van der Waals surface area contributed by atoms with Gasteiger partial charge >= 0.3 is 0 Å². The third kappa shape index (κ3) is 3.53. The Labute approximate surface area is 178 Å². The van der Waals surface area contributed by atoms with Crippen molar-refractivity contribution in [1.82, 2.24) is 0 Å². The van der Waals surface area contributed by atoms with Crippen LogP contribution >= 0.6 is 0 Å². The molecule has 4 fully saturated rings. The number of Topliss-reactive ketones (excluding diaryl/α,β-unsaturated/α-hetero) is 1. The first-order valence-electron chi connectivity index (χ1n) is 12.6. The second-order valence-corrected chi connectivity index (χ2v) is 11.6. The maximum atomic E-state index is 12.1. The minimum Gasteiger partial charge on any atom is -0.396 e. The molecule has 3 heteroatoms. The number of hydrogen-bond donors (Lipinski definition) is 1. The van der Waals surface area contributed by atoms with Gasteiger partial charge in [-0.05, 0) is 91.8 Å². The van der Waals surface area contributed by atoms with Gasteiger partial charge in [0.15, 0.2) is 0 Å². The lowest BCUT2D eigenvalue weighted by Crippen LogP contribution is -2.58. The molecule has 166 valence electrons. The van der Waals surface area contributed by atoms with Crippen LogP contribution in [0.2, 0.25) is 0 Å². The minimum absolute atomic E-state index is 0.312. The molecule has 3 nitrogen and oxygen atoms in total. The molecule has 0 saturated heterocycles. The average Bonchev–Trinajstić information content (AvgIpc) is 2.96. The highest BCUT2D eigenvalue weighted by Gasteiger charge is 2.65. The summed E-state index contributed by atoms with van der Waals surface area (Å²) in [6.07, 6.45) is 15.4. The largest absolute Gasteiger partial charge is 0.396 e. The number of carbonyl (C=O) groups excluding carboxylic acids is 1. The first-order chi connectivity index (χ1) is 13.8. The van der Waals surface area contributed by atoms with Crippen LogP contribution < -0.4 is 0 Å².